The van der Waals surface area contributed by atoms with Crippen LogP contribution in [0, 0.1) is 10.1 Å². The average Bonchev–Trinajstić information content (AvgIpc) is 2.53. The van der Waals surface area contributed by atoms with E-state index in [-0.39, 0.29) is 16.8 Å². The standard InChI is InChI=1S/C15H11ClF3NO4P/c1-2-9-7-12(20(21)22)14(25(16)23)8-13(9)24-11-5-3-10(4-6-11)15(17,18)19/h3-8H,2H2,1H3/q+1. The van der Waals surface area contributed by atoms with Crippen LogP contribution in [-0.2, 0) is 17.2 Å². The van der Waals surface area contributed by atoms with Crippen molar-refractivity contribution in [2.24, 2.45) is 0 Å². The van der Waals surface area contributed by atoms with Gasteiger partial charge in [-0.05, 0) is 35.3 Å². The van der Waals surface area contributed by atoms with Crippen molar-refractivity contribution in [2.75, 3.05) is 0 Å². The first-order valence-corrected chi connectivity index (χ1v) is 9.09. The average molecular weight is 393 g/mol. The Morgan fingerprint density at radius 2 is 1.84 bits per heavy atom. The zero-order valence-corrected chi connectivity index (χ0v) is 14.4. The molecule has 25 heavy (non-hydrogen) atoms. The van der Waals surface area contributed by atoms with Gasteiger partial charge in [0.25, 0.3) is 5.30 Å². The first kappa shape index (κ1) is 19.1. The molecule has 0 N–H and O–H groups in total. The summed E-state index contributed by atoms with van der Waals surface area (Å²) < 4.78 is 54.8. The van der Waals surface area contributed by atoms with Crippen LogP contribution in [0.25, 0.3) is 0 Å². The van der Waals surface area contributed by atoms with Crippen LogP contribution in [0.3, 0.4) is 0 Å². The van der Waals surface area contributed by atoms with E-state index >= 15 is 0 Å². The number of aryl methyl sites for hydroxylation is 1. The Morgan fingerprint density at radius 3 is 2.28 bits per heavy atom. The second-order valence-electron chi connectivity index (χ2n) is 4.93. The quantitative estimate of drug-likeness (QED) is 0.378. The molecule has 5 nitrogen and oxygen atoms in total. The van der Waals surface area contributed by atoms with Gasteiger partial charge in [-0.15, -0.1) is 0 Å². The minimum atomic E-state index is -4.47. The highest BCUT2D eigenvalue weighted by Gasteiger charge is 2.33. The second kappa shape index (κ2) is 7.37. The molecule has 0 fully saturated rings. The lowest BCUT2D eigenvalue weighted by Gasteiger charge is -2.11. The van der Waals surface area contributed by atoms with Crippen molar-refractivity contribution in [2.45, 2.75) is 19.5 Å². The summed E-state index contributed by atoms with van der Waals surface area (Å²) in [6, 6.07) is 6.35. The number of rotatable bonds is 5. The van der Waals surface area contributed by atoms with Crippen LogP contribution in [0.5, 0.6) is 11.5 Å². The van der Waals surface area contributed by atoms with Gasteiger partial charge in [0, 0.05) is 17.7 Å². The van der Waals surface area contributed by atoms with Gasteiger partial charge in [-0.2, -0.15) is 13.2 Å². The number of nitro groups is 1. The fourth-order valence-electron chi connectivity index (χ4n) is 2.10. The molecule has 10 heteroatoms. The molecule has 0 aromatic heterocycles. The SMILES string of the molecule is CCc1cc([N+](=O)[O-])c([P+](=O)Cl)cc1Oc1ccc(C(F)(F)F)cc1. The molecule has 2 aromatic carbocycles. The normalized spacial score (nSPS) is 12.0. The molecule has 0 saturated carbocycles. The van der Waals surface area contributed by atoms with Crippen LogP contribution in [0.15, 0.2) is 36.4 Å². The van der Waals surface area contributed by atoms with E-state index in [1.807, 2.05) is 0 Å². The van der Waals surface area contributed by atoms with Crippen molar-refractivity contribution in [1.29, 1.82) is 0 Å². The number of halogens is 4. The van der Waals surface area contributed by atoms with Gasteiger partial charge in [0.1, 0.15) is 11.5 Å². The number of hydrogen-bond acceptors (Lipinski definition) is 4. The minimum Gasteiger partial charge on any atom is -0.457 e. The van der Waals surface area contributed by atoms with Crippen LogP contribution >= 0.6 is 18.4 Å². The zero-order valence-electron chi connectivity index (χ0n) is 12.7. The minimum absolute atomic E-state index is 0.104. The lowest BCUT2D eigenvalue weighted by molar-refractivity contribution is -0.383. The van der Waals surface area contributed by atoms with Crippen molar-refractivity contribution < 1.29 is 27.4 Å². The number of alkyl halides is 3. The van der Waals surface area contributed by atoms with Gasteiger partial charge in [0.15, 0.2) is 0 Å². The maximum atomic E-state index is 12.6. The zero-order chi connectivity index (χ0) is 18.8. The molecule has 0 heterocycles. The topological polar surface area (TPSA) is 69.4 Å². The smallest absolute Gasteiger partial charge is 0.457 e. The number of benzene rings is 2. The first-order chi connectivity index (χ1) is 11.6. The van der Waals surface area contributed by atoms with E-state index in [2.05, 4.69) is 0 Å². The monoisotopic (exact) mass is 392 g/mol. The number of nitrogens with zero attached hydrogens (tertiary/aromatic N) is 1. The Kier molecular flexibility index (Phi) is 5.65. The van der Waals surface area contributed by atoms with E-state index in [9.17, 15) is 27.9 Å². The second-order valence-corrected chi connectivity index (χ2v) is 6.82. The van der Waals surface area contributed by atoms with Gasteiger partial charge >= 0.3 is 19.0 Å². The van der Waals surface area contributed by atoms with Gasteiger partial charge in [-0.1, -0.05) is 6.92 Å². The van der Waals surface area contributed by atoms with Crippen molar-refractivity contribution in [3.05, 3.63) is 57.6 Å². The van der Waals surface area contributed by atoms with Crippen LogP contribution < -0.4 is 10.0 Å². The molecule has 0 radical (unpaired) electrons. The highest BCUT2D eigenvalue weighted by Crippen LogP contribution is 2.37. The van der Waals surface area contributed by atoms with Crippen LogP contribution in [0.1, 0.15) is 18.1 Å². The van der Waals surface area contributed by atoms with Crippen molar-refractivity contribution >= 4 is 29.4 Å². The molecule has 132 valence electrons. The van der Waals surface area contributed by atoms with Gasteiger partial charge in [-0.3, -0.25) is 10.1 Å². The van der Waals surface area contributed by atoms with Gasteiger partial charge in [-0.25, -0.2) is 0 Å². The molecular weight excluding hydrogens is 382 g/mol. The summed E-state index contributed by atoms with van der Waals surface area (Å²) in [6.45, 7) is 1.72. The van der Waals surface area contributed by atoms with Crippen LogP contribution in [0.2, 0.25) is 0 Å². The fourth-order valence-corrected chi connectivity index (χ4v) is 3.05. The Bertz CT molecular complexity index is 825. The van der Waals surface area contributed by atoms with Crippen LogP contribution in [0.4, 0.5) is 18.9 Å². The summed E-state index contributed by atoms with van der Waals surface area (Å²) in [5.74, 6) is 0.249. The summed E-state index contributed by atoms with van der Waals surface area (Å²) in [5.41, 5.74) is -0.791. The van der Waals surface area contributed by atoms with E-state index in [1.165, 1.54) is 12.1 Å². The predicted octanol–water partition coefficient (Wildman–Crippen LogP) is 5.57. The van der Waals surface area contributed by atoms with E-state index in [4.69, 9.17) is 16.0 Å². The molecule has 0 aliphatic rings. The summed E-state index contributed by atoms with van der Waals surface area (Å²) in [5, 5.41) is 10.9. The molecule has 2 aromatic rings. The van der Waals surface area contributed by atoms with Gasteiger partial charge in [0.2, 0.25) is 11.2 Å². The highest BCUT2D eigenvalue weighted by molar-refractivity contribution is 7.80. The molecule has 2 rings (SSSR count). The number of ether oxygens (including phenoxy) is 1. The summed E-state index contributed by atoms with van der Waals surface area (Å²) in [7, 11) is -2.53. The van der Waals surface area contributed by atoms with Crippen molar-refractivity contribution in [1.82, 2.24) is 0 Å². The summed E-state index contributed by atoms with van der Waals surface area (Å²) in [4.78, 5) is 10.4. The Morgan fingerprint density at radius 1 is 1.24 bits per heavy atom. The molecular formula is C15H11ClF3NO4P+. The lowest BCUT2D eigenvalue weighted by Crippen LogP contribution is -2.07. The van der Waals surface area contributed by atoms with E-state index < -0.39 is 29.5 Å². The van der Waals surface area contributed by atoms with Crippen LogP contribution in [-0.4, -0.2) is 4.92 Å². The van der Waals surface area contributed by atoms with Gasteiger partial charge < -0.3 is 4.74 Å². The molecule has 0 spiro atoms. The Labute approximate surface area is 146 Å². The van der Waals surface area contributed by atoms with Crippen molar-refractivity contribution in [3.8, 4) is 11.5 Å². The Balaban J connectivity index is 2.43. The van der Waals surface area contributed by atoms with E-state index in [0.717, 1.165) is 24.3 Å². The molecule has 0 bridgehead atoms. The molecule has 0 saturated heterocycles. The van der Waals surface area contributed by atoms with E-state index in [1.54, 1.807) is 6.92 Å². The highest BCUT2D eigenvalue weighted by atomic mass is 35.7. The maximum Gasteiger partial charge on any atom is 0.501 e. The van der Waals surface area contributed by atoms with Crippen molar-refractivity contribution in [3.63, 3.8) is 0 Å². The third kappa shape index (κ3) is 4.46. The number of nitro benzene ring substituents is 1. The third-order valence-electron chi connectivity index (χ3n) is 3.33. The molecule has 1 atom stereocenters. The molecule has 0 aliphatic heterocycles. The summed E-state index contributed by atoms with van der Waals surface area (Å²) >= 11 is 5.52. The number of hydrogen-bond donors (Lipinski definition) is 0. The molecule has 1 unspecified atom stereocenters. The molecule has 0 amide bonds. The summed E-state index contributed by atoms with van der Waals surface area (Å²) in [6.07, 6.45) is -4.11. The Hall–Kier alpha value is -2.18. The van der Waals surface area contributed by atoms with E-state index in [0.29, 0.717) is 12.0 Å². The fraction of sp³-hybridized carbons (Fsp3) is 0.200. The lowest BCUT2D eigenvalue weighted by atomic mass is 10.1. The first-order valence-electron chi connectivity index (χ1n) is 6.93. The maximum absolute atomic E-state index is 12.6. The predicted molar refractivity (Wildman–Crippen MR) is 87.1 cm³/mol. The van der Waals surface area contributed by atoms with Gasteiger partial charge in [0.05, 0.1) is 10.5 Å². The largest absolute Gasteiger partial charge is 0.501 e. The third-order valence-corrected chi connectivity index (χ3v) is 4.62. The molecule has 0 aliphatic carbocycles.